The zero-order valence-corrected chi connectivity index (χ0v) is 12.7. The molecule has 1 aliphatic heterocycles. The van der Waals surface area contributed by atoms with Gasteiger partial charge >= 0.3 is 0 Å². The van der Waals surface area contributed by atoms with Crippen LogP contribution in [0.2, 0.25) is 0 Å². The molecule has 2 aliphatic rings. The second-order valence-corrected chi connectivity index (χ2v) is 6.28. The molecular formula is C16H30N2O. The summed E-state index contributed by atoms with van der Waals surface area (Å²) in [6.45, 7) is 4.35. The van der Waals surface area contributed by atoms with Crippen LogP contribution in [0.15, 0.2) is 0 Å². The molecule has 2 fully saturated rings. The topological polar surface area (TPSA) is 32.3 Å². The van der Waals surface area contributed by atoms with Crippen LogP contribution in [0.25, 0.3) is 0 Å². The van der Waals surface area contributed by atoms with Gasteiger partial charge in [-0.05, 0) is 26.2 Å². The van der Waals surface area contributed by atoms with E-state index in [0.717, 1.165) is 12.8 Å². The lowest BCUT2D eigenvalue weighted by Gasteiger charge is -2.32. The van der Waals surface area contributed by atoms with Gasteiger partial charge in [-0.1, -0.05) is 51.9 Å². The number of rotatable bonds is 4. The Hall–Kier alpha value is -0.570. The molecule has 3 heteroatoms. The van der Waals surface area contributed by atoms with Gasteiger partial charge in [0.1, 0.15) is 0 Å². The van der Waals surface area contributed by atoms with Crippen molar-refractivity contribution < 1.29 is 4.79 Å². The van der Waals surface area contributed by atoms with Crippen LogP contribution in [-0.2, 0) is 4.79 Å². The molecule has 0 spiro atoms. The minimum absolute atomic E-state index is 0.0837. The van der Waals surface area contributed by atoms with E-state index >= 15 is 0 Å². The van der Waals surface area contributed by atoms with Gasteiger partial charge in [0.05, 0.1) is 12.2 Å². The molecule has 0 aromatic carbocycles. The fourth-order valence-corrected chi connectivity index (χ4v) is 3.64. The van der Waals surface area contributed by atoms with Gasteiger partial charge in [0, 0.05) is 6.04 Å². The van der Waals surface area contributed by atoms with E-state index in [0.29, 0.717) is 11.9 Å². The van der Waals surface area contributed by atoms with Crippen molar-refractivity contribution in [2.45, 2.75) is 96.3 Å². The largest absolute Gasteiger partial charge is 0.323 e. The van der Waals surface area contributed by atoms with E-state index in [4.69, 9.17) is 0 Å². The molecule has 0 aromatic heterocycles. The molecule has 0 aromatic rings. The molecule has 19 heavy (non-hydrogen) atoms. The SMILES string of the molecule is CCCCC1NC(C)N(C2CCCCCCC2)C1=O. The first kappa shape index (κ1) is 14.8. The van der Waals surface area contributed by atoms with Gasteiger partial charge in [-0.3, -0.25) is 10.1 Å². The number of hydrogen-bond donors (Lipinski definition) is 1. The second-order valence-electron chi connectivity index (χ2n) is 6.28. The average molecular weight is 266 g/mol. The van der Waals surface area contributed by atoms with Crippen LogP contribution < -0.4 is 5.32 Å². The van der Waals surface area contributed by atoms with Crippen LogP contribution in [0, 0.1) is 0 Å². The molecule has 1 heterocycles. The van der Waals surface area contributed by atoms with Crippen LogP contribution in [0.4, 0.5) is 0 Å². The van der Waals surface area contributed by atoms with Crippen molar-refractivity contribution in [2.24, 2.45) is 0 Å². The molecule has 110 valence electrons. The van der Waals surface area contributed by atoms with Crippen molar-refractivity contribution in [2.75, 3.05) is 0 Å². The van der Waals surface area contributed by atoms with Crippen molar-refractivity contribution in [3.8, 4) is 0 Å². The number of amides is 1. The summed E-state index contributed by atoms with van der Waals surface area (Å²) >= 11 is 0. The van der Waals surface area contributed by atoms with E-state index in [1.807, 2.05) is 0 Å². The summed E-state index contributed by atoms with van der Waals surface area (Å²) in [5.41, 5.74) is 0. The molecule has 1 saturated heterocycles. The molecule has 1 amide bonds. The zero-order chi connectivity index (χ0) is 13.7. The minimum atomic E-state index is 0.0837. The first-order valence-corrected chi connectivity index (χ1v) is 8.32. The predicted octanol–water partition coefficient (Wildman–Crippen LogP) is 3.44. The molecular weight excluding hydrogens is 236 g/mol. The molecule has 3 nitrogen and oxygen atoms in total. The Balaban J connectivity index is 1.95. The van der Waals surface area contributed by atoms with Gasteiger partial charge in [-0.25, -0.2) is 0 Å². The smallest absolute Gasteiger partial charge is 0.241 e. The maximum absolute atomic E-state index is 12.6. The highest BCUT2D eigenvalue weighted by Gasteiger charge is 2.39. The van der Waals surface area contributed by atoms with Crippen molar-refractivity contribution in [3.63, 3.8) is 0 Å². The van der Waals surface area contributed by atoms with Crippen LogP contribution in [0.3, 0.4) is 0 Å². The first-order chi connectivity index (χ1) is 9.24. The summed E-state index contributed by atoms with van der Waals surface area (Å²) < 4.78 is 0. The van der Waals surface area contributed by atoms with Crippen molar-refractivity contribution in [1.82, 2.24) is 10.2 Å². The first-order valence-electron chi connectivity index (χ1n) is 8.32. The number of carbonyl (C=O) groups excluding carboxylic acids is 1. The molecule has 1 aliphatic carbocycles. The summed E-state index contributed by atoms with van der Waals surface area (Å²) in [5.74, 6) is 0.367. The van der Waals surface area contributed by atoms with Crippen LogP contribution in [-0.4, -0.2) is 29.1 Å². The number of hydrogen-bond acceptors (Lipinski definition) is 2. The maximum Gasteiger partial charge on any atom is 0.241 e. The zero-order valence-electron chi connectivity index (χ0n) is 12.7. The number of nitrogens with zero attached hydrogens (tertiary/aromatic N) is 1. The number of nitrogens with one attached hydrogen (secondary N) is 1. The summed E-state index contributed by atoms with van der Waals surface area (Å²) in [6, 6.07) is 0.572. The van der Waals surface area contributed by atoms with E-state index in [-0.39, 0.29) is 12.2 Å². The van der Waals surface area contributed by atoms with Crippen molar-refractivity contribution in [3.05, 3.63) is 0 Å². The lowest BCUT2D eigenvalue weighted by Crippen LogP contribution is -2.43. The summed E-state index contributed by atoms with van der Waals surface area (Å²) in [7, 11) is 0. The van der Waals surface area contributed by atoms with Crippen molar-refractivity contribution in [1.29, 1.82) is 0 Å². The van der Waals surface area contributed by atoms with Gasteiger partial charge in [0.15, 0.2) is 0 Å². The van der Waals surface area contributed by atoms with Crippen molar-refractivity contribution >= 4 is 5.91 Å². The third-order valence-electron chi connectivity index (χ3n) is 4.73. The molecule has 2 atom stereocenters. The fourth-order valence-electron chi connectivity index (χ4n) is 3.64. The van der Waals surface area contributed by atoms with E-state index < -0.39 is 0 Å². The Morgan fingerprint density at radius 2 is 1.79 bits per heavy atom. The summed E-state index contributed by atoms with van der Waals surface area (Å²) in [5, 5.41) is 3.50. The highest BCUT2D eigenvalue weighted by molar-refractivity contribution is 5.84. The van der Waals surface area contributed by atoms with E-state index in [1.165, 1.54) is 51.4 Å². The van der Waals surface area contributed by atoms with Crippen LogP contribution in [0.1, 0.15) is 78.1 Å². The van der Waals surface area contributed by atoms with E-state index in [9.17, 15) is 4.79 Å². The Kier molecular flexibility index (Phi) is 5.68. The summed E-state index contributed by atoms with van der Waals surface area (Å²) in [4.78, 5) is 14.8. The molecule has 2 unspecified atom stereocenters. The lowest BCUT2D eigenvalue weighted by atomic mass is 9.95. The van der Waals surface area contributed by atoms with Crippen LogP contribution >= 0.6 is 0 Å². The van der Waals surface area contributed by atoms with E-state index in [1.54, 1.807) is 0 Å². The molecule has 0 radical (unpaired) electrons. The highest BCUT2D eigenvalue weighted by Crippen LogP contribution is 2.26. The molecule has 1 saturated carbocycles. The monoisotopic (exact) mass is 266 g/mol. The molecule has 0 bridgehead atoms. The average Bonchev–Trinajstić information content (AvgIpc) is 2.63. The van der Waals surface area contributed by atoms with Gasteiger partial charge < -0.3 is 4.90 Å². The third kappa shape index (κ3) is 3.71. The van der Waals surface area contributed by atoms with E-state index in [2.05, 4.69) is 24.1 Å². The molecule has 2 rings (SSSR count). The minimum Gasteiger partial charge on any atom is -0.323 e. The van der Waals surface area contributed by atoms with Gasteiger partial charge in [-0.2, -0.15) is 0 Å². The highest BCUT2D eigenvalue weighted by atomic mass is 16.2. The Morgan fingerprint density at radius 1 is 1.16 bits per heavy atom. The van der Waals surface area contributed by atoms with Gasteiger partial charge in [0.2, 0.25) is 5.91 Å². The van der Waals surface area contributed by atoms with Gasteiger partial charge in [-0.15, -0.1) is 0 Å². The normalized spacial score (nSPS) is 30.4. The quantitative estimate of drug-likeness (QED) is 0.845. The Morgan fingerprint density at radius 3 is 2.42 bits per heavy atom. The standard InChI is InChI=1S/C16H30N2O/c1-3-4-12-15-16(19)18(13(2)17-15)14-10-8-6-5-7-9-11-14/h13-15,17H,3-12H2,1-2H3. The lowest BCUT2D eigenvalue weighted by molar-refractivity contribution is -0.132. The Bertz CT molecular complexity index is 284. The molecule has 1 N–H and O–H groups in total. The third-order valence-corrected chi connectivity index (χ3v) is 4.73. The predicted molar refractivity (Wildman–Crippen MR) is 78.9 cm³/mol. The fraction of sp³-hybridized carbons (Fsp3) is 0.938. The number of carbonyl (C=O) groups is 1. The maximum atomic E-state index is 12.6. The van der Waals surface area contributed by atoms with Gasteiger partial charge in [0.25, 0.3) is 0 Å². The second kappa shape index (κ2) is 7.28. The number of unbranched alkanes of at least 4 members (excludes halogenated alkanes) is 1. The van der Waals surface area contributed by atoms with Crippen LogP contribution in [0.5, 0.6) is 0 Å². The Labute approximate surface area is 118 Å². The summed E-state index contributed by atoms with van der Waals surface area (Å²) in [6.07, 6.45) is 12.6.